The average Bonchev–Trinajstić information content (AvgIpc) is 2.79. The van der Waals surface area contributed by atoms with Gasteiger partial charge in [-0.15, -0.1) is 0 Å². The highest BCUT2D eigenvalue weighted by Crippen LogP contribution is 2.17. The van der Waals surface area contributed by atoms with Gasteiger partial charge in [-0.25, -0.2) is 0 Å². The number of hydrogen-bond donors (Lipinski definition) is 2. The molecule has 0 aromatic carbocycles. The van der Waals surface area contributed by atoms with Crippen molar-refractivity contribution in [3.05, 3.63) is 47.8 Å². The lowest BCUT2D eigenvalue weighted by Gasteiger charge is -2.13. The zero-order valence-corrected chi connectivity index (χ0v) is 13.4. The van der Waals surface area contributed by atoms with Gasteiger partial charge in [-0.2, -0.15) is 5.10 Å². The summed E-state index contributed by atoms with van der Waals surface area (Å²) in [5.74, 6) is 0.949. The van der Waals surface area contributed by atoms with Crippen molar-refractivity contribution in [3.63, 3.8) is 0 Å². The molecule has 114 valence electrons. The fourth-order valence-electron chi connectivity index (χ4n) is 1.97. The van der Waals surface area contributed by atoms with E-state index >= 15 is 0 Å². The van der Waals surface area contributed by atoms with Crippen LogP contribution in [-0.4, -0.2) is 29.2 Å². The van der Waals surface area contributed by atoms with Gasteiger partial charge in [-0.05, 0) is 31.4 Å². The van der Waals surface area contributed by atoms with Crippen molar-refractivity contribution in [1.82, 2.24) is 15.1 Å². The number of nitrogens with one attached hydrogen (secondary N) is 1. The van der Waals surface area contributed by atoms with Crippen LogP contribution in [0.2, 0.25) is 0 Å². The topological polar surface area (TPSA) is 57.9 Å². The highest BCUT2D eigenvalue weighted by molar-refractivity contribution is 5.69. The minimum Gasteiger partial charge on any atom is -0.382 e. The predicted octanol–water partition coefficient (Wildman–Crippen LogP) is 3.70. The molecule has 0 bridgehead atoms. The Kier molecular flexibility index (Phi) is 6.53. The van der Waals surface area contributed by atoms with E-state index in [1.165, 1.54) is 5.70 Å². The lowest BCUT2D eigenvalue weighted by Crippen LogP contribution is -2.08. The maximum absolute atomic E-state index is 5.74. The van der Waals surface area contributed by atoms with Gasteiger partial charge in [-0.3, -0.25) is 5.10 Å². The van der Waals surface area contributed by atoms with Gasteiger partial charge in [0.15, 0.2) is 5.82 Å². The summed E-state index contributed by atoms with van der Waals surface area (Å²) in [4.78, 5) is 2.10. The standard InChI is InChI=1S/C17H26N4/c1-6-14(21(4)5)12-11-13(3)9-8-10-16-15(7-2)17(18)20-19-16/h6-8,10-13H,2,9H2,1,3-5H3,(H3,18,19,20)/b10-8-,12-11-,14-6+. The first-order valence-electron chi connectivity index (χ1n) is 7.14. The van der Waals surface area contributed by atoms with Crippen LogP contribution < -0.4 is 5.73 Å². The zero-order valence-electron chi connectivity index (χ0n) is 13.4. The number of likely N-dealkylation sites (N-methyl/N-ethyl adjacent to an activating group) is 1. The summed E-state index contributed by atoms with van der Waals surface area (Å²) in [6.45, 7) is 7.99. The molecule has 4 nitrogen and oxygen atoms in total. The number of aromatic nitrogens is 2. The Labute approximate surface area is 127 Å². The Hall–Kier alpha value is -2.23. The van der Waals surface area contributed by atoms with Crippen molar-refractivity contribution in [2.75, 3.05) is 19.8 Å². The van der Waals surface area contributed by atoms with Crippen LogP contribution in [0.4, 0.5) is 5.82 Å². The number of nitrogens with two attached hydrogens (primary N) is 1. The second-order valence-corrected chi connectivity index (χ2v) is 5.22. The molecule has 0 saturated heterocycles. The van der Waals surface area contributed by atoms with Gasteiger partial charge in [0.2, 0.25) is 0 Å². The molecule has 0 spiro atoms. The molecule has 0 saturated carbocycles. The third-order valence-electron chi connectivity index (χ3n) is 3.27. The molecule has 4 heteroatoms. The number of H-pyrrole nitrogens is 1. The van der Waals surface area contributed by atoms with Gasteiger partial charge in [0.1, 0.15) is 0 Å². The lowest BCUT2D eigenvalue weighted by molar-refractivity contribution is 0.527. The van der Waals surface area contributed by atoms with Gasteiger partial charge in [0.25, 0.3) is 0 Å². The maximum atomic E-state index is 5.74. The Balaban J connectivity index is 2.60. The van der Waals surface area contributed by atoms with Crippen molar-refractivity contribution >= 4 is 18.0 Å². The highest BCUT2D eigenvalue weighted by atomic mass is 15.2. The summed E-state index contributed by atoms with van der Waals surface area (Å²) in [6.07, 6.45) is 13.3. The number of allylic oxidation sites excluding steroid dienone is 4. The predicted molar refractivity (Wildman–Crippen MR) is 92.5 cm³/mol. The Morgan fingerprint density at radius 3 is 2.76 bits per heavy atom. The van der Waals surface area contributed by atoms with Crippen LogP contribution in [0.3, 0.4) is 0 Å². The second kappa shape index (κ2) is 8.15. The number of nitrogen functional groups attached to an aromatic ring is 1. The first-order valence-corrected chi connectivity index (χ1v) is 7.14. The lowest BCUT2D eigenvalue weighted by atomic mass is 10.1. The Morgan fingerprint density at radius 1 is 1.48 bits per heavy atom. The second-order valence-electron chi connectivity index (χ2n) is 5.22. The fraction of sp³-hybridized carbons (Fsp3) is 0.353. The Bertz CT molecular complexity index is 547. The monoisotopic (exact) mass is 286 g/mol. The van der Waals surface area contributed by atoms with Gasteiger partial charge in [0.05, 0.1) is 5.69 Å². The van der Waals surface area contributed by atoms with Crippen LogP contribution in [0.5, 0.6) is 0 Å². The fourth-order valence-corrected chi connectivity index (χ4v) is 1.97. The van der Waals surface area contributed by atoms with Crippen LogP contribution in [0.25, 0.3) is 12.2 Å². The van der Waals surface area contributed by atoms with Crippen LogP contribution in [0, 0.1) is 5.92 Å². The molecule has 0 amide bonds. The summed E-state index contributed by atoms with van der Waals surface area (Å²) < 4.78 is 0. The van der Waals surface area contributed by atoms with Crippen molar-refractivity contribution in [2.45, 2.75) is 20.3 Å². The molecule has 0 fully saturated rings. The first-order chi connectivity index (χ1) is 9.99. The van der Waals surface area contributed by atoms with E-state index < -0.39 is 0 Å². The zero-order chi connectivity index (χ0) is 15.8. The average molecular weight is 286 g/mol. The Morgan fingerprint density at radius 2 is 2.19 bits per heavy atom. The van der Waals surface area contributed by atoms with Gasteiger partial charge >= 0.3 is 0 Å². The van der Waals surface area contributed by atoms with E-state index in [1.807, 2.05) is 27.1 Å². The van der Waals surface area contributed by atoms with Crippen LogP contribution in [0.1, 0.15) is 31.5 Å². The molecule has 1 atom stereocenters. The minimum atomic E-state index is 0.462. The van der Waals surface area contributed by atoms with E-state index in [9.17, 15) is 0 Å². The van der Waals surface area contributed by atoms with E-state index in [0.717, 1.165) is 17.7 Å². The SMILES string of the molecule is C=Cc1c(N)n[nH]c1/C=C\CC(C)/C=C\C(=C/C)N(C)C. The van der Waals surface area contributed by atoms with Gasteiger partial charge in [-0.1, -0.05) is 37.8 Å². The number of rotatable bonds is 7. The molecule has 21 heavy (non-hydrogen) atoms. The summed E-state index contributed by atoms with van der Waals surface area (Å²) >= 11 is 0. The quantitative estimate of drug-likeness (QED) is 0.751. The van der Waals surface area contributed by atoms with Crippen molar-refractivity contribution in [1.29, 1.82) is 0 Å². The summed E-state index contributed by atoms with van der Waals surface area (Å²) in [5.41, 5.74) is 8.71. The molecular weight excluding hydrogens is 260 g/mol. The molecule has 0 aliphatic heterocycles. The van der Waals surface area contributed by atoms with Gasteiger partial charge < -0.3 is 10.6 Å². The normalized spacial score (nSPS) is 14.0. The number of aromatic amines is 1. The molecular formula is C17H26N4. The van der Waals surface area contributed by atoms with Crippen LogP contribution in [0.15, 0.2) is 36.6 Å². The van der Waals surface area contributed by atoms with Crippen LogP contribution in [-0.2, 0) is 0 Å². The van der Waals surface area contributed by atoms with E-state index in [-0.39, 0.29) is 0 Å². The van der Waals surface area contributed by atoms with Gasteiger partial charge in [0, 0.05) is 25.4 Å². The van der Waals surface area contributed by atoms with E-state index in [4.69, 9.17) is 5.73 Å². The molecule has 3 N–H and O–H groups in total. The van der Waals surface area contributed by atoms with Crippen molar-refractivity contribution < 1.29 is 0 Å². The first kappa shape index (κ1) is 16.8. The molecule has 1 unspecified atom stereocenters. The maximum Gasteiger partial charge on any atom is 0.153 e. The largest absolute Gasteiger partial charge is 0.382 e. The van der Waals surface area contributed by atoms with E-state index in [0.29, 0.717) is 11.7 Å². The molecule has 1 aromatic heterocycles. The number of anilines is 1. The van der Waals surface area contributed by atoms with Crippen LogP contribution >= 0.6 is 0 Å². The molecule has 0 aliphatic carbocycles. The minimum absolute atomic E-state index is 0.462. The third-order valence-corrected chi connectivity index (χ3v) is 3.27. The highest BCUT2D eigenvalue weighted by Gasteiger charge is 2.03. The number of hydrogen-bond acceptors (Lipinski definition) is 3. The molecule has 1 aromatic rings. The van der Waals surface area contributed by atoms with Crippen molar-refractivity contribution in [2.24, 2.45) is 5.92 Å². The summed E-state index contributed by atoms with van der Waals surface area (Å²) in [7, 11) is 4.09. The molecule has 0 radical (unpaired) electrons. The molecule has 1 heterocycles. The third kappa shape index (κ3) is 4.99. The van der Waals surface area contributed by atoms with Crippen molar-refractivity contribution in [3.8, 4) is 0 Å². The molecule has 1 rings (SSSR count). The number of nitrogens with zero attached hydrogens (tertiary/aromatic N) is 2. The summed E-state index contributed by atoms with van der Waals surface area (Å²) in [5, 5.41) is 6.88. The van der Waals surface area contributed by atoms with E-state index in [1.54, 1.807) is 6.08 Å². The van der Waals surface area contributed by atoms with E-state index in [2.05, 4.69) is 52.9 Å². The molecule has 0 aliphatic rings. The smallest absolute Gasteiger partial charge is 0.153 e. The summed E-state index contributed by atoms with van der Waals surface area (Å²) in [6, 6.07) is 0.